The molecule has 14 heteroatoms. The van der Waals surface area contributed by atoms with Gasteiger partial charge in [-0.05, 0) is 24.3 Å². The minimum Gasteiger partial charge on any atom is -0.507 e. The Morgan fingerprint density at radius 3 is 2.15 bits per heavy atom. The van der Waals surface area contributed by atoms with Crippen molar-refractivity contribution in [3.63, 3.8) is 0 Å². The molecule has 3 aromatic rings. The predicted octanol–water partition coefficient (Wildman–Crippen LogP) is -1.45. The Bertz CT molecular complexity index is 1410. The second-order valence-corrected chi connectivity index (χ2v) is 9.83. The molecule has 2 saturated heterocycles. The van der Waals surface area contributed by atoms with E-state index in [1.165, 1.54) is 30.3 Å². The van der Waals surface area contributed by atoms with Crippen LogP contribution in [0.25, 0.3) is 22.3 Å². The van der Waals surface area contributed by atoms with Crippen LogP contribution in [0.3, 0.4) is 0 Å². The number of aliphatic hydroxyl groups excluding tert-OH is 7. The quantitative estimate of drug-likeness (QED) is 0.160. The number of phenols is 1. The van der Waals surface area contributed by atoms with E-state index in [2.05, 4.69) is 0 Å². The predicted molar refractivity (Wildman–Crippen MR) is 137 cm³/mol. The smallest absolute Gasteiger partial charge is 0.229 e. The number of hydrogen-bond acceptors (Lipinski definition) is 14. The lowest BCUT2D eigenvalue weighted by atomic mass is 9.99. The van der Waals surface area contributed by atoms with Crippen molar-refractivity contribution in [1.82, 2.24) is 0 Å². The molecule has 1 aromatic heterocycles. The number of aliphatic hydroxyl groups is 7. The highest BCUT2D eigenvalue weighted by atomic mass is 16.7. The monoisotopic (exact) mass is 578 g/mol. The normalized spacial score (nSPS) is 32.1. The third kappa shape index (κ3) is 5.88. The van der Waals surface area contributed by atoms with E-state index in [9.17, 15) is 45.6 Å². The molecular weight excluding hydrogens is 548 g/mol. The highest BCUT2D eigenvalue weighted by molar-refractivity contribution is 5.86. The van der Waals surface area contributed by atoms with Crippen LogP contribution < -0.4 is 14.9 Å². The molecule has 0 bridgehead atoms. The van der Waals surface area contributed by atoms with Crippen molar-refractivity contribution < 1.29 is 64.2 Å². The molecule has 0 saturated carbocycles. The van der Waals surface area contributed by atoms with Gasteiger partial charge in [-0.25, -0.2) is 0 Å². The molecule has 222 valence electrons. The van der Waals surface area contributed by atoms with Gasteiger partial charge in [0.1, 0.15) is 70.6 Å². The molecule has 14 nitrogen and oxygen atoms in total. The first-order valence-electron chi connectivity index (χ1n) is 12.8. The van der Waals surface area contributed by atoms with Gasteiger partial charge in [-0.15, -0.1) is 0 Å². The Kier molecular flexibility index (Phi) is 8.47. The zero-order valence-electron chi connectivity index (χ0n) is 21.4. The standard InChI is InChI=1S/C27H30O14/c28-9-19-23(33)16(32)8-21(40-19)37-13-5-14(30)22-15(31)7-17(39-18(22)6-13)11-1-3-12(4-2-11)38-27-26(36)25(35)24(34)20(10-29)41-27/h1-7,16,19-21,23-30,32-36H,8-10H2/t16-,19-,20+,21-,23+,24+,25-,26+,27+/m1/s1. The molecule has 5 rings (SSSR count). The summed E-state index contributed by atoms with van der Waals surface area (Å²) in [5.41, 5.74) is -0.117. The van der Waals surface area contributed by atoms with Gasteiger partial charge in [0.15, 0.2) is 5.43 Å². The molecule has 41 heavy (non-hydrogen) atoms. The number of hydrogen-bond donors (Lipinski definition) is 8. The molecule has 2 aliphatic rings. The molecule has 2 aliphatic heterocycles. The van der Waals surface area contributed by atoms with Gasteiger partial charge in [0.05, 0.1) is 19.3 Å². The molecule has 0 amide bonds. The second-order valence-electron chi connectivity index (χ2n) is 9.83. The number of phenolic OH excluding ortho intramolecular Hbond substituents is 1. The summed E-state index contributed by atoms with van der Waals surface area (Å²) in [6.45, 7) is -1.15. The summed E-state index contributed by atoms with van der Waals surface area (Å²) in [7, 11) is 0. The third-order valence-corrected chi connectivity index (χ3v) is 7.01. The molecule has 0 unspecified atom stereocenters. The maximum atomic E-state index is 12.8. The summed E-state index contributed by atoms with van der Waals surface area (Å²) in [5.74, 6) is -0.0400. The van der Waals surface area contributed by atoms with Crippen molar-refractivity contribution in [2.45, 2.75) is 61.7 Å². The van der Waals surface area contributed by atoms with Gasteiger partial charge >= 0.3 is 0 Å². The molecule has 0 aliphatic carbocycles. The van der Waals surface area contributed by atoms with E-state index in [1.807, 2.05) is 0 Å². The van der Waals surface area contributed by atoms with Crippen molar-refractivity contribution in [2.24, 2.45) is 0 Å². The van der Waals surface area contributed by atoms with Crippen LogP contribution in [0.15, 0.2) is 51.7 Å². The Labute approximate surface area is 231 Å². The minimum absolute atomic E-state index is 0.0146. The highest BCUT2D eigenvalue weighted by Gasteiger charge is 2.44. The number of benzene rings is 2. The van der Waals surface area contributed by atoms with Crippen molar-refractivity contribution >= 4 is 11.0 Å². The first-order chi connectivity index (χ1) is 19.6. The largest absolute Gasteiger partial charge is 0.507 e. The van der Waals surface area contributed by atoms with Crippen molar-refractivity contribution in [3.05, 3.63) is 52.7 Å². The summed E-state index contributed by atoms with van der Waals surface area (Å²) in [4.78, 5) is 12.8. The molecule has 8 N–H and O–H groups in total. The van der Waals surface area contributed by atoms with Gasteiger partial charge < -0.3 is 64.2 Å². The fourth-order valence-corrected chi connectivity index (χ4v) is 4.74. The molecule has 2 aromatic carbocycles. The Hall–Kier alpha value is -3.31. The van der Waals surface area contributed by atoms with Gasteiger partial charge in [0.25, 0.3) is 0 Å². The fourth-order valence-electron chi connectivity index (χ4n) is 4.74. The lowest BCUT2D eigenvalue weighted by Crippen LogP contribution is -2.60. The van der Waals surface area contributed by atoms with Crippen LogP contribution in [0.2, 0.25) is 0 Å². The lowest BCUT2D eigenvalue weighted by molar-refractivity contribution is -0.277. The van der Waals surface area contributed by atoms with Crippen LogP contribution >= 0.6 is 0 Å². The van der Waals surface area contributed by atoms with Crippen molar-refractivity contribution in [2.75, 3.05) is 13.2 Å². The molecule has 3 heterocycles. The van der Waals surface area contributed by atoms with Crippen LogP contribution in [-0.2, 0) is 9.47 Å². The third-order valence-electron chi connectivity index (χ3n) is 7.01. The number of fused-ring (bicyclic) bond motifs is 1. The van der Waals surface area contributed by atoms with Gasteiger partial charge in [-0.2, -0.15) is 0 Å². The lowest BCUT2D eigenvalue weighted by Gasteiger charge is -2.39. The van der Waals surface area contributed by atoms with E-state index in [4.69, 9.17) is 23.4 Å². The maximum Gasteiger partial charge on any atom is 0.229 e. The summed E-state index contributed by atoms with van der Waals surface area (Å²) >= 11 is 0. The zero-order valence-corrected chi connectivity index (χ0v) is 21.4. The summed E-state index contributed by atoms with van der Waals surface area (Å²) < 4.78 is 27.9. The van der Waals surface area contributed by atoms with E-state index >= 15 is 0 Å². The average Bonchev–Trinajstić information content (AvgIpc) is 2.95. The van der Waals surface area contributed by atoms with Crippen molar-refractivity contribution in [1.29, 1.82) is 0 Å². The molecule has 0 spiro atoms. The molecule has 2 fully saturated rings. The number of aromatic hydroxyl groups is 1. The number of rotatable bonds is 7. The maximum absolute atomic E-state index is 12.8. The van der Waals surface area contributed by atoms with Crippen LogP contribution in [0, 0.1) is 0 Å². The van der Waals surface area contributed by atoms with E-state index in [0.29, 0.717) is 5.56 Å². The molecular formula is C27H30O14. The average molecular weight is 579 g/mol. The van der Waals surface area contributed by atoms with Gasteiger partial charge in [0.2, 0.25) is 12.6 Å². The van der Waals surface area contributed by atoms with E-state index < -0.39 is 79.7 Å². The number of ether oxygens (including phenoxy) is 4. The first kappa shape index (κ1) is 29.2. The highest BCUT2D eigenvalue weighted by Crippen LogP contribution is 2.34. The van der Waals surface area contributed by atoms with Crippen molar-refractivity contribution in [3.8, 4) is 28.6 Å². The summed E-state index contributed by atoms with van der Waals surface area (Å²) in [5, 5.41) is 79.1. The summed E-state index contributed by atoms with van der Waals surface area (Å²) in [6.07, 6.45) is -12.0. The Balaban J connectivity index is 1.36. The van der Waals surface area contributed by atoms with Crippen LogP contribution in [-0.4, -0.2) is 109 Å². The van der Waals surface area contributed by atoms with Gasteiger partial charge in [0, 0.05) is 30.2 Å². The molecule has 9 atom stereocenters. The zero-order chi connectivity index (χ0) is 29.4. The Morgan fingerprint density at radius 2 is 1.46 bits per heavy atom. The van der Waals surface area contributed by atoms with E-state index in [1.54, 1.807) is 12.1 Å². The van der Waals surface area contributed by atoms with Gasteiger partial charge in [-0.1, -0.05) is 0 Å². The van der Waals surface area contributed by atoms with Crippen LogP contribution in [0.1, 0.15) is 6.42 Å². The minimum atomic E-state index is -1.60. The van der Waals surface area contributed by atoms with Crippen LogP contribution in [0.4, 0.5) is 0 Å². The second kappa shape index (κ2) is 11.9. The van der Waals surface area contributed by atoms with E-state index in [0.717, 1.165) is 0 Å². The van der Waals surface area contributed by atoms with E-state index in [-0.39, 0.29) is 34.6 Å². The molecule has 0 radical (unpaired) electrons. The SMILES string of the molecule is O=c1cc(-c2ccc(O[C@H]3O[C@@H](CO)[C@H](O)[C@@H](O)[C@@H]3O)cc2)oc2cc(O[C@H]3C[C@@H](O)[C@H](O)[C@@H](CO)O3)cc(O)c12. The topological polar surface area (TPSA) is 229 Å². The first-order valence-corrected chi connectivity index (χ1v) is 12.8. The fraction of sp³-hybridized carbons (Fsp3) is 0.444. The Morgan fingerprint density at radius 1 is 0.780 bits per heavy atom. The van der Waals surface area contributed by atoms with Gasteiger partial charge in [-0.3, -0.25) is 4.79 Å². The van der Waals surface area contributed by atoms with Crippen LogP contribution in [0.5, 0.6) is 17.2 Å². The summed E-state index contributed by atoms with van der Waals surface area (Å²) in [6, 6.07) is 9.77.